The second kappa shape index (κ2) is 18.2. The van der Waals surface area contributed by atoms with E-state index in [9.17, 15) is 18.4 Å². The average Bonchev–Trinajstić information content (AvgIpc) is 4.10. The lowest BCUT2D eigenvalue weighted by Gasteiger charge is -2.19. The first-order valence-corrected chi connectivity index (χ1v) is 24.5. The Bertz CT molecular complexity index is 4090. The first-order valence-electron chi connectivity index (χ1n) is 24.5. The smallest absolute Gasteiger partial charge is 0.308 e. The van der Waals surface area contributed by atoms with Crippen LogP contribution >= 0.6 is 0 Å². The maximum Gasteiger partial charge on any atom is 0.415 e. The first kappa shape index (κ1) is 48.7. The normalized spacial score (nSPS) is 11.8. The molecule has 0 aliphatic rings. The van der Waals surface area contributed by atoms with Crippen LogP contribution in [0.1, 0.15) is 57.7 Å². The molecule has 0 unspecified atom stereocenters. The Kier molecular flexibility index (Phi) is 11.4. The molecule has 0 fully saturated rings. The van der Waals surface area contributed by atoms with Gasteiger partial charge in [-0.05, 0) is 158 Å². The van der Waals surface area contributed by atoms with E-state index in [0.29, 0.717) is 131 Å². The van der Waals surface area contributed by atoms with Gasteiger partial charge in [-0.25, -0.2) is 64.7 Å². The Hall–Kier alpha value is -10.3. The van der Waals surface area contributed by atoms with E-state index in [0.717, 1.165) is 33.7 Å². The summed E-state index contributed by atoms with van der Waals surface area (Å²) in [6.07, 6.45) is -4.71. The first-order chi connectivity index (χ1) is 37.4. The zero-order chi connectivity index (χ0) is 54.5. The fraction of sp³-hybridized carbons (Fsp3) is 0.153. The van der Waals surface area contributed by atoms with Crippen molar-refractivity contribution in [3.63, 3.8) is 0 Å². The molecule has 0 radical (unpaired) electrons. The molecule has 0 N–H and O–H groups in total. The molecule has 6 aromatic heterocycles. The fourth-order valence-corrected chi connectivity index (χ4v) is 10.4. The number of aromatic nitrogens is 14. The lowest BCUT2D eigenvalue weighted by Crippen LogP contribution is -2.06. The van der Waals surface area contributed by atoms with E-state index < -0.39 is 11.7 Å². The molecule has 19 heteroatoms. The predicted molar refractivity (Wildman–Crippen MR) is 290 cm³/mol. The number of rotatable bonds is 7. The molecule has 0 bridgehead atoms. The van der Waals surface area contributed by atoms with Gasteiger partial charge in [-0.3, -0.25) is 0 Å². The average molecular weight is 1030 g/mol. The van der Waals surface area contributed by atoms with Gasteiger partial charge in [-0.1, -0.05) is 12.1 Å². The monoisotopic (exact) mass is 1030 g/mol. The molecule has 0 amide bonds. The van der Waals surface area contributed by atoms with E-state index in [-0.39, 0.29) is 16.8 Å². The van der Waals surface area contributed by atoms with Crippen molar-refractivity contribution in [3.05, 3.63) is 172 Å². The van der Waals surface area contributed by atoms with Crippen LogP contribution in [0.25, 0.3) is 117 Å². The van der Waals surface area contributed by atoms with Crippen LogP contribution < -0.4 is 0 Å². The lowest BCUT2D eigenvalue weighted by molar-refractivity contribution is -0.137. The van der Waals surface area contributed by atoms with Gasteiger partial charge >= 0.3 is 6.18 Å². The van der Waals surface area contributed by atoms with Crippen LogP contribution in [-0.2, 0) is 6.18 Å². The molecule has 0 saturated heterocycles. The molecule has 0 saturated carbocycles. The molecule has 12 aromatic rings. The maximum absolute atomic E-state index is 14.3. The third-order valence-electron chi connectivity index (χ3n) is 13.4. The third-order valence-corrected chi connectivity index (χ3v) is 13.4. The molecule has 6 aromatic carbocycles. The second-order valence-corrected chi connectivity index (χ2v) is 19.0. The topological polar surface area (TPSA) is 193 Å². The number of nitriles is 1. The number of aryl methyl sites for hydroxylation is 8. The van der Waals surface area contributed by atoms with E-state index in [2.05, 4.69) is 70.7 Å². The van der Waals surface area contributed by atoms with Crippen LogP contribution in [0.3, 0.4) is 0 Å². The van der Waals surface area contributed by atoms with Gasteiger partial charge in [0.2, 0.25) is 0 Å². The molecule has 78 heavy (non-hydrogen) atoms. The van der Waals surface area contributed by atoms with Crippen molar-refractivity contribution in [2.24, 2.45) is 0 Å². The van der Waals surface area contributed by atoms with Crippen LogP contribution in [0.15, 0.2) is 103 Å². The predicted octanol–water partition coefficient (Wildman–Crippen LogP) is 12.9. The van der Waals surface area contributed by atoms with E-state index in [1.807, 2.05) is 81.9 Å². The highest BCUT2D eigenvalue weighted by molar-refractivity contribution is 6.13. The SMILES string of the molecule is [C-]#[N+]c1cc(C(F)(F)F)ccc1-c1cc(-n2c3ccc(-c4nc(C)nc(C)n4)cc3c3cc(-c4nc(C)nc(C)n4)ccc32)c(C#N)c(-n2c3ccc(-c4nc(C)nc(C)n4)cc3c3cc(-c4nc(C)nc(C)n4)ccc32)c1. The van der Waals surface area contributed by atoms with Gasteiger partial charge in [0.25, 0.3) is 0 Å². The highest BCUT2D eigenvalue weighted by Crippen LogP contribution is 2.45. The number of hydrogen-bond acceptors (Lipinski definition) is 13. The Morgan fingerprint density at radius 1 is 0.410 bits per heavy atom. The molecule has 0 spiro atoms. The minimum atomic E-state index is -4.71. The van der Waals surface area contributed by atoms with E-state index in [1.54, 1.807) is 67.5 Å². The van der Waals surface area contributed by atoms with Crippen molar-refractivity contribution in [1.82, 2.24) is 68.9 Å². The van der Waals surface area contributed by atoms with Gasteiger partial charge in [0, 0.05) is 49.4 Å². The number of nitrogens with zero attached hydrogens (tertiary/aromatic N) is 16. The molecular formula is C59H41F3N16. The van der Waals surface area contributed by atoms with E-state index in [4.69, 9.17) is 6.57 Å². The van der Waals surface area contributed by atoms with Gasteiger partial charge in [0.15, 0.2) is 29.0 Å². The highest BCUT2D eigenvalue weighted by atomic mass is 19.4. The fourth-order valence-electron chi connectivity index (χ4n) is 10.4. The van der Waals surface area contributed by atoms with Crippen molar-refractivity contribution in [1.29, 1.82) is 5.26 Å². The van der Waals surface area contributed by atoms with Crippen molar-refractivity contribution >= 4 is 49.3 Å². The molecule has 0 aliphatic heterocycles. The maximum atomic E-state index is 14.3. The zero-order valence-electron chi connectivity index (χ0n) is 43.1. The Labute approximate surface area is 443 Å². The Morgan fingerprint density at radius 3 is 0.987 bits per heavy atom. The third kappa shape index (κ3) is 8.43. The number of alkyl halides is 3. The van der Waals surface area contributed by atoms with E-state index in [1.165, 1.54) is 6.07 Å². The second-order valence-electron chi connectivity index (χ2n) is 19.0. The van der Waals surface area contributed by atoms with E-state index >= 15 is 0 Å². The molecule has 378 valence electrons. The Balaban J connectivity index is 1.20. The molecule has 0 atom stereocenters. The number of hydrogen-bond donors (Lipinski definition) is 0. The molecular weight excluding hydrogens is 990 g/mol. The summed E-state index contributed by atoms with van der Waals surface area (Å²) in [6.45, 7) is 22.7. The van der Waals surface area contributed by atoms with Crippen LogP contribution in [-0.4, -0.2) is 68.9 Å². The summed E-state index contributed by atoms with van der Waals surface area (Å²) >= 11 is 0. The number of benzene rings is 6. The minimum Gasteiger partial charge on any atom is -0.308 e. The van der Waals surface area contributed by atoms with Crippen molar-refractivity contribution in [2.75, 3.05) is 0 Å². The quantitative estimate of drug-likeness (QED) is 0.137. The van der Waals surface area contributed by atoms with Gasteiger partial charge in [0.1, 0.15) is 58.2 Å². The summed E-state index contributed by atoms with van der Waals surface area (Å²) in [5, 5.41) is 14.9. The van der Waals surface area contributed by atoms with Gasteiger partial charge in [-0.2, -0.15) is 18.4 Å². The molecule has 16 nitrogen and oxygen atoms in total. The van der Waals surface area contributed by atoms with Gasteiger partial charge in [-0.15, -0.1) is 0 Å². The van der Waals surface area contributed by atoms with Crippen molar-refractivity contribution in [3.8, 4) is 74.1 Å². The largest absolute Gasteiger partial charge is 0.415 e. The summed E-state index contributed by atoms with van der Waals surface area (Å²) < 4.78 is 47.0. The van der Waals surface area contributed by atoms with Crippen molar-refractivity contribution in [2.45, 2.75) is 61.6 Å². The van der Waals surface area contributed by atoms with Crippen LogP contribution in [0.4, 0.5) is 18.9 Å². The summed E-state index contributed by atoms with van der Waals surface area (Å²) in [6, 6.07) is 32.6. The zero-order valence-corrected chi connectivity index (χ0v) is 43.1. The lowest BCUT2D eigenvalue weighted by atomic mass is 9.97. The van der Waals surface area contributed by atoms with Crippen LogP contribution in [0.2, 0.25) is 0 Å². The molecule has 12 rings (SSSR count). The number of halogens is 3. The number of fused-ring (bicyclic) bond motifs is 6. The van der Waals surface area contributed by atoms with Crippen LogP contribution in [0, 0.1) is 73.3 Å². The standard InChI is InChI=1S/C59H41F3N16/c1-28-65-29(2)70-55(69-28)36-10-16-49-43(20-36)44-21-37(56-71-30(3)66-31(4)72-56)11-17-50(44)77(49)53-24-40(42-15-14-41(59(60,61)62)26-48(42)64-9)25-54(47(53)27-63)78-51-18-12-38(57-73-32(5)67-33(6)74-57)22-45(51)46-23-39(13-19-52(46)78)58-75-34(7)68-35(8)76-58/h10-26H,1-8H3. The van der Waals surface area contributed by atoms with Gasteiger partial charge < -0.3 is 9.13 Å². The Morgan fingerprint density at radius 2 is 0.718 bits per heavy atom. The summed E-state index contributed by atoms with van der Waals surface area (Å²) in [5.74, 6) is 6.30. The van der Waals surface area contributed by atoms with Crippen molar-refractivity contribution < 1.29 is 13.2 Å². The highest BCUT2D eigenvalue weighted by Gasteiger charge is 2.32. The minimum absolute atomic E-state index is 0.216. The molecule has 0 aliphatic carbocycles. The summed E-state index contributed by atoms with van der Waals surface area (Å²) in [5.41, 5.74) is 5.95. The van der Waals surface area contributed by atoms with Crippen LogP contribution in [0.5, 0.6) is 0 Å². The summed E-state index contributed by atoms with van der Waals surface area (Å²) in [4.78, 5) is 58.8. The summed E-state index contributed by atoms with van der Waals surface area (Å²) in [7, 11) is 0. The van der Waals surface area contributed by atoms with Gasteiger partial charge in [0.05, 0.1) is 40.0 Å². The molecule has 6 heterocycles.